The first-order valence-electron chi connectivity index (χ1n) is 11.1. The number of anilines is 1. The van der Waals surface area contributed by atoms with Crippen molar-refractivity contribution in [1.82, 2.24) is 9.55 Å². The highest BCUT2D eigenvalue weighted by Gasteiger charge is 2.31. The van der Waals surface area contributed by atoms with Gasteiger partial charge < -0.3 is 9.15 Å². The Morgan fingerprint density at radius 2 is 1.77 bits per heavy atom. The number of nitrogens with one attached hydrogen (secondary N) is 1. The Morgan fingerprint density at radius 1 is 0.974 bits per heavy atom. The van der Waals surface area contributed by atoms with Gasteiger partial charge in [-0.2, -0.15) is 13.2 Å². The van der Waals surface area contributed by atoms with Gasteiger partial charge in [-0.1, -0.05) is 6.07 Å². The van der Waals surface area contributed by atoms with Crippen LogP contribution < -0.4 is 15.0 Å². The monoisotopic (exact) mass is 559 g/mol. The van der Waals surface area contributed by atoms with E-state index in [9.17, 15) is 30.8 Å². The molecule has 0 unspecified atom stereocenters. The van der Waals surface area contributed by atoms with Gasteiger partial charge in [0.1, 0.15) is 17.8 Å². The second kappa shape index (κ2) is 9.58. The average Bonchev–Trinajstić information content (AvgIpc) is 3.39. The highest BCUT2D eigenvalue weighted by atomic mass is 32.2. The van der Waals surface area contributed by atoms with Gasteiger partial charge in [0, 0.05) is 11.5 Å². The number of hydrogen-bond donors (Lipinski definition) is 1. The van der Waals surface area contributed by atoms with Gasteiger partial charge in [-0.25, -0.2) is 22.5 Å². The van der Waals surface area contributed by atoms with Crippen LogP contribution in [0.4, 0.5) is 23.6 Å². The van der Waals surface area contributed by atoms with Crippen LogP contribution in [0.25, 0.3) is 27.7 Å². The van der Waals surface area contributed by atoms with E-state index >= 15 is 0 Å². The fraction of sp³-hybridized carbons (Fsp3) is 0.0769. The lowest BCUT2D eigenvalue weighted by molar-refractivity contribution is -0.137. The third-order valence-corrected chi connectivity index (χ3v) is 7.13. The molecule has 1 N–H and O–H groups in total. The molecule has 0 spiro atoms. The molecule has 2 heterocycles. The molecule has 13 heteroatoms. The molecule has 0 bridgehead atoms. The van der Waals surface area contributed by atoms with Crippen LogP contribution in [0.2, 0.25) is 0 Å². The molecule has 0 radical (unpaired) electrons. The van der Waals surface area contributed by atoms with Crippen LogP contribution in [0.5, 0.6) is 5.75 Å². The number of aromatic nitrogens is 2. The molecule has 0 fully saturated rings. The number of ether oxygens (including phenoxy) is 1. The lowest BCUT2D eigenvalue weighted by Crippen LogP contribution is -2.18. The molecule has 0 amide bonds. The fourth-order valence-corrected chi connectivity index (χ4v) is 5.03. The van der Waals surface area contributed by atoms with E-state index in [2.05, 4.69) is 9.71 Å². The van der Waals surface area contributed by atoms with E-state index in [1.165, 1.54) is 72.7 Å². The first-order valence-corrected chi connectivity index (χ1v) is 12.6. The van der Waals surface area contributed by atoms with Crippen LogP contribution >= 0.6 is 0 Å². The second-order valence-electron chi connectivity index (χ2n) is 8.28. The topological polar surface area (TPSA) is 103 Å². The number of alkyl halides is 3. The number of rotatable bonds is 6. The number of oxazole rings is 1. The van der Waals surface area contributed by atoms with Crippen LogP contribution in [0, 0.1) is 5.82 Å². The Morgan fingerprint density at radius 3 is 2.46 bits per heavy atom. The summed E-state index contributed by atoms with van der Waals surface area (Å²) in [6, 6.07) is 13.0. The predicted octanol–water partition coefficient (Wildman–Crippen LogP) is 5.61. The van der Waals surface area contributed by atoms with Gasteiger partial charge in [0.15, 0.2) is 0 Å². The Bertz CT molecular complexity index is 1870. The minimum Gasteiger partial charge on any atom is -0.495 e. The van der Waals surface area contributed by atoms with Gasteiger partial charge in [-0.3, -0.25) is 9.36 Å². The maximum Gasteiger partial charge on any atom is 0.416 e. The number of fused-ring (bicyclic) bond motifs is 1. The van der Waals surface area contributed by atoms with Gasteiger partial charge in [-0.05, 0) is 65.7 Å². The summed E-state index contributed by atoms with van der Waals surface area (Å²) in [4.78, 5) is 16.5. The molecular formula is C26H17F4N3O5S. The van der Waals surface area contributed by atoms with Crippen molar-refractivity contribution in [2.75, 3.05) is 11.8 Å². The molecule has 200 valence electrons. The van der Waals surface area contributed by atoms with Crippen molar-refractivity contribution in [3.63, 3.8) is 0 Å². The number of pyridine rings is 1. The van der Waals surface area contributed by atoms with Gasteiger partial charge >= 0.3 is 12.2 Å². The summed E-state index contributed by atoms with van der Waals surface area (Å²) in [6.07, 6.45) is -2.26. The van der Waals surface area contributed by atoms with Crippen LogP contribution in [0.3, 0.4) is 0 Å². The summed E-state index contributed by atoms with van der Waals surface area (Å²) >= 11 is 0. The Balaban J connectivity index is 1.60. The number of hydrogen-bond acceptors (Lipinski definition) is 6. The van der Waals surface area contributed by atoms with Crippen molar-refractivity contribution in [1.29, 1.82) is 0 Å². The van der Waals surface area contributed by atoms with Crippen molar-refractivity contribution in [2.45, 2.75) is 11.1 Å². The van der Waals surface area contributed by atoms with Crippen molar-refractivity contribution in [3.8, 4) is 22.6 Å². The van der Waals surface area contributed by atoms with Crippen LogP contribution in [-0.2, 0) is 16.2 Å². The highest BCUT2D eigenvalue weighted by molar-refractivity contribution is 7.92. The van der Waals surface area contributed by atoms with E-state index in [0.717, 1.165) is 12.1 Å². The zero-order chi connectivity index (χ0) is 27.9. The lowest BCUT2D eigenvalue weighted by atomic mass is 10.0. The molecule has 5 rings (SSSR count). The molecule has 8 nitrogen and oxygen atoms in total. The first-order chi connectivity index (χ1) is 18.5. The van der Waals surface area contributed by atoms with Crippen LogP contribution in [0.1, 0.15) is 5.56 Å². The normalized spacial score (nSPS) is 12.0. The molecule has 3 aromatic carbocycles. The third kappa shape index (κ3) is 5.08. The number of sulfonamides is 1. The Kier molecular flexibility index (Phi) is 6.38. The predicted molar refractivity (Wildman–Crippen MR) is 134 cm³/mol. The van der Waals surface area contributed by atoms with Gasteiger partial charge in [-0.15, -0.1) is 0 Å². The summed E-state index contributed by atoms with van der Waals surface area (Å²) in [5, 5.41) is 0.385. The third-order valence-electron chi connectivity index (χ3n) is 5.81. The van der Waals surface area contributed by atoms with E-state index in [-0.39, 0.29) is 33.5 Å². The zero-order valence-corrected chi connectivity index (χ0v) is 20.7. The van der Waals surface area contributed by atoms with Gasteiger partial charge in [0.05, 0.1) is 35.0 Å². The maximum absolute atomic E-state index is 14.0. The smallest absolute Gasteiger partial charge is 0.416 e. The standard InChI is InChI=1S/C26H17F4N3O5S/c1-37-23-13-15(17-10-18(26(28,29)30)14-19(27)11-17)2-5-22(23)33-21-6-4-20(12-16(21)3-7-24(33)34)39(35,36)32-25-31-8-9-38-25/h2-14H,1H3,(H,31,32). The van der Waals surface area contributed by atoms with E-state index in [0.29, 0.717) is 17.0 Å². The lowest BCUT2D eigenvalue weighted by Gasteiger charge is -2.16. The maximum atomic E-state index is 14.0. The Hall–Kier alpha value is -4.65. The van der Waals surface area contributed by atoms with E-state index < -0.39 is 33.1 Å². The number of halogens is 4. The molecule has 0 saturated carbocycles. The highest BCUT2D eigenvalue weighted by Crippen LogP contribution is 2.36. The molecule has 0 aliphatic rings. The zero-order valence-electron chi connectivity index (χ0n) is 19.9. The molecule has 5 aromatic rings. The average molecular weight is 559 g/mol. The SMILES string of the molecule is COc1cc(-c2cc(F)cc(C(F)(F)F)c2)ccc1-n1c(=O)ccc2cc(S(=O)(=O)Nc3ncco3)ccc21. The van der Waals surface area contributed by atoms with Crippen molar-refractivity contribution >= 4 is 26.9 Å². The second-order valence-corrected chi connectivity index (χ2v) is 9.97. The number of benzene rings is 3. The summed E-state index contributed by atoms with van der Waals surface area (Å²) in [6.45, 7) is 0. The van der Waals surface area contributed by atoms with E-state index in [4.69, 9.17) is 9.15 Å². The molecule has 39 heavy (non-hydrogen) atoms. The number of methoxy groups -OCH3 is 1. The van der Waals surface area contributed by atoms with Crippen molar-refractivity contribution in [3.05, 3.63) is 101 Å². The molecule has 0 saturated heterocycles. The van der Waals surface area contributed by atoms with Crippen LogP contribution in [0.15, 0.2) is 93.3 Å². The molecule has 2 aromatic heterocycles. The summed E-state index contributed by atoms with van der Waals surface area (Å²) in [5.41, 5.74) is -0.877. The minimum absolute atomic E-state index is 0.0363. The molecule has 0 aliphatic heterocycles. The number of nitrogens with zero attached hydrogens (tertiary/aromatic N) is 2. The molecular weight excluding hydrogens is 542 g/mol. The van der Waals surface area contributed by atoms with Crippen molar-refractivity contribution < 1.29 is 35.1 Å². The molecule has 0 aliphatic carbocycles. The summed E-state index contributed by atoms with van der Waals surface area (Å²) < 4.78 is 92.9. The van der Waals surface area contributed by atoms with E-state index in [1.54, 1.807) is 0 Å². The van der Waals surface area contributed by atoms with Gasteiger partial charge in [0.25, 0.3) is 15.6 Å². The fourth-order valence-electron chi connectivity index (χ4n) is 4.05. The molecule has 0 atom stereocenters. The Labute approximate surface area is 218 Å². The largest absolute Gasteiger partial charge is 0.495 e. The van der Waals surface area contributed by atoms with Crippen LogP contribution in [-0.4, -0.2) is 25.1 Å². The van der Waals surface area contributed by atoms with Gasteiger partial charge in [0.2, 0.25) is 0 Å². The summed E-state index contributed by atoms with van der Waals surface area (Å²) in [7, 11) is -2.75. The quantitative estimate of drug-likeness (QED) is 0.271. The first kappa shape index (κ1) is 26.0. The van der Waals surface area contributed by atoms with Crippen molar-refractivity contribution in [2.24, 2.45) is 0 Å². The minimum atomic E-state index is -4.74. The van der Waals surface area contributed by atoms with E-state index in [1.807, 2.05) is 0 Å². The summed E-state index contributed by atoms with van der Waals surface area (Å²) in [5.74, 6) is -0.946.